The first-order valence-electron chi connectivity index (χ1n) is 5.48. The Hall–Kier alpha value is -0.460. The van der Waals surface area contributed by atoms with E-state index in [0.29, 0.717) is 13.2 Å². The van der Waals surface area contributed by atoms with Crippen LogP contribution >= 0.6 is 0 Å². The summed E-state index contributed by atoms with van der Waals surface area (Å²) in [7, 11) is -1.27. The molecule has 16 heavy (non-hydrogen) atoms. The Morgan fingerprint density at radius 2 is 2.12 bits per heavy atom. The zero-order valence-corrected chi connectivity index (χ0v) is 10.5. The van der Waals surface area contributed by atoms with Crippen LogP contribution in [0.1, 0.15) is 13.3 Å². The van der Waals surface area contributed by atoms with Crippen molar-refractivity contribution in [2.75, 3.05) is 31.8 Å². The van der Waals surface area contributed by atoms with Crippen LogP contribution in [0.25, 0.3) is 0 Å². The minimum Gasteiger partial charge on any atom is -0.379 e. The van der Waals surface area contributed by atoms with Gasteiger partial charge in [0.2, 0.25) is 0 Å². The zero-order valence-electron chi connectivity index (χ0n) is 9.73. The van der Waals surface area contributed by atoms with Gasteiger partial charge < -0.3 is 10.1 Å². The Bertz CT molecular complexity index is 339. The molecule has 0 aromatic carbocycles. The fourth-order valence-corrected chi connectivity index (χ4v) is 2.54. The maximum atomic E-state index is 11.8. The van der Waals surface area contributed by atoms with Crippen molar-refractivity contribution in [3.63, 3.8) is 0 Å². The Kier molecular flexibility index (Phi) is 4.89. The largest absolute Gasteiger partial charge is 0.379 e. The number of hydrogen-bond acceptors (Lipinski definition) is 5. The van der Waals surface area contributed by atoms with Crippen molar-refractivity contribution in [2.24, 2.45) is 5.92 Å². The van der Waals surface area contributed by atoms with Gasteiger partial charge in [-0.3, -0.25) is 4.79 Å². The van der Waals surface area contributed by atoms with Crippen LogP contribution in [0.2, 0.25) is 0 Å². The summed E-state index contributed by atoms with van der Waals surface area (Å²) in [5, 5.41) is 3.01. The molecule has 0 bridgehead atoms. The van der Waals surface area contributed by atoms with E-state index in [0.717, 1.165) is 0 Å². The van der Waals surface area contributed by atoms with E-state index in [1.807, 2.05) is 0 Å². The van der Waals surface area contributed by atoms with E-state index in [4.69, 9.17) is 4.74 Å². The van der Waals surface area contributed by atoms with Gasteiger partial charge in [-0.05, 0) is 7.05 Å². The van der Waals surface area contributed by atoms with E-state index in [1.54, 1.807) is 14.0 Å². The van der Waals surface area contributed by atoms with E-state index in [-0.39, 0.29) is 35.7 Å². The monoisotopic (exact) mass is 249 g/mol. The summed E-state index contributed by atoms with van der Waals surface area (Å²) in [6.07, 6.45) is 0.0996. The van der Waals surface area contributed by atoms with Crippen LogP contribution in [0.15, 0.2) is 0 Å². The lowest BCUT2D eigenvalue weighted by Crippen LogP contribution is -2.37. The number of sulfone groups is 1. The lowest BCUT2D eigenvalue weighted by Gasteiger charge is -2.15. The molecule has 1 rings (SSSR count). The third kappa shape index (κ3) is 3.54. The second-order valence-electron chi connectivity index (χ2n) is 3.99. The first-order chi connectivity index (χ1) is 7.50. The van der Waals surface area contributed by atoms with Crippen molar-refractivity contribution in [1.29, 1.82) is 0 Å². The summed E-state index contributed by atoms with van der Waals surface area (Å²) in [6, 6.07) is 0.0248. The Labute approximate surface area is 96.5 Å². The van der Waals surface area contributed by atoms with Crippen LogP contribution in [-0.4, -0.2) is 52.0 Å². The van der Waals surface area contributed by atoms with E-state index in [9.17, 15) is 13.2 Å². The molecule has 0 spiro atoms. The Balaban J connectivity index is 2.47. The molecule has 2 atom stereocenters. The van der Waals surface area contributed by atoms with Crippen LogP contribution in [0.5, 0.6) is 0 Å². The second-order valence-corrected chi connectivity index (χ2v) is 6.46. The number of hydrogen-bond donors (Lipinski definition) is 1. The van der Waals surface area contributed by atoms with Gasteiger partial charge in [-0.1, -0.05) is 6.92 Å². The molecule has 0 aliphatic carbocycles. The fraction of sp³-hybridized carbons (Fsp3) is 0.900. The SMILES string of the molecule is CCS(=O)(=O)CCC(=O)C1COCC1NC. The number of ether oxygens (including phenoxy) is 1. The summed E-state index contributed by atoms with van der Waals surface area (Å²) >= 11 is 0. The van der Waals surface area contributed by atoms with Gasteiger partial charge in [-0.15, -0.1) is 0 Å². The molecular formula is C10H19NO4S. The quantitative estimate of drug-likeness (QED) is 0.694. The number of carbonyl (C=O) groups is 1. The summed E-state index contributed by atoms with van der Waals surface area (Å²) < 4.78 is 27.7. The summed E-state index contributed by atoms with van der Waals surface area (Å²) in [6.45, 7) is 2.51. The zero-order chi connectivity index (χ0) is 12.2. The lowest BCUT2D eigenvalue weighted by atomic mass is 9.97. The maximum Gasteiger partial charge on any atom is 0.150 e. The fourth-order valence-electron chi connectivity index (χ4n) is 1.74. The molecule has 1 fully saturated rings. The van der Waals surface area contributed by atoms with Crippen LogP contribution in [0.3, 0.4) is 0 Å². The average molecular weight is 249 g/mol. The number of ketones is 1. The van der Waals surface area contributed by atoms with Crippen LogP contribution < -0.4 is 5.32 Å². The summed E-state index contributed by atoms with van der Waals surface area (Å²) in [4.78, 5) is 11.8. The minimum atomic E-state index is -3.05. The first-order valence-corrected chi connectivity index (χ1v) is 7.30. The molecule has 6 heteroatoms. The van der Waals surface area contributed by atoms with E-state index in [2.05, 4.69) is 5.32 Å². The highest BCUT2D eigenvalue weighted by atomic mass is 32.2. The molecule has 5 nitrogen and oxygen atoms in total. The molecule has 0 aromatic rings. The van der Waals surface area contributed by atoms with Gasteiger partial charge >= 0.3 is 0 Å². The molecule has 1 heterocycles. The van der Waals surface area contributed by atoms with Crippen molar-refractivity contribution in [3.8, 4) is 0 Å². The normalized spacial score (nSPS) is 25.9. The summed E-state index contributed by atoms with van der Waals surface area (Å²) in [5.41, 5.74) is 0. The highest BCUT2D eigenvalue weighted by Gasteiger charge is 2.32. The smallest absolute Gasteiger partial charge is 0.150 e. The molecule has 1 aliphatic rings. The third-order valence-electron chi connectivity index (χ3n) is 2.96. The predicted octanol–water partition coefficient (Wildman–Crippen LogP) is -0.385. The van der Waals surface area contributed by atoms with Gasteiger partial charge in [0.15, 0.2) is 0 Å². The Morgan fingerprint density at radius 1 is 1.44 bits per heavy atom. The molecule has 1 saturated heterocycles. The van der Waals surface area contributed by atoms with E-state index in [1.165, 1.54) is 0 Å². The van der Waals surface area contributed by atoms with Gasteiger partial charge in [0.05, 0.1) is 24.9 Å². The molecule has 0 aromatic heterocycles. The maximum absolute atomic E-state index is 11.8. The molecule has 1 N–H and O–H groups in total. The number of nitrogens with one attached hydrogen (secondary N) is 1. The number of carbonyl (C=O) groups excluding carboxylic acids is 1. The molecule has 94 valence electrons. The van der Waals surface area contributed by atoms with Gasteiger partial charge in [0, 0.05) is 18.2 Å². The topological polar surface area (TPSA) is 72.5 Å². The third-order valence-corrected chi connectivity index (χ3v) is 4.67. The van der Waals surface area contributed by atoms with Crippen LogP contribution in [0.4, 0.5) is 0 Å². The van der Waals surface area contributed by atoms with Crippen LogP contribution in [-0.2, 0) is 19.4 Å². The first kappa shape index (κ1) is 13.6. The van der Waals surface area contributed by atoms with Gasteiger partial charge in [0.1, 0.15) is 15.6 Å². The second kappa shape index (κ2) is 5.75. The minimum absolute atomic E-state index is 0.0196. The number of rotatable bonds is 6. The molecule has 0 radical (unpaired) electrons. The molecular weight excluding hydrogens is 230 g/mol. The van der Waals surface area contributed by atoms with Crippen molar-refractivity contribution in [1.82, 2.24) is 5.32 Å². The molecule has 1 aliphatic heterocycles. The van der Waals surface area contributed by atoms with Gasteiger partial charge in [-0.2, -0.15) is 0 Å². The van der Waals surface area contributed by atoms with Gasteiger partial charge in [0.25, 0.3) is 0 Å². The standard InChI is InChI=1S/C10H19NO4S/c1-3-16(13,14)5-4-10(12)8-6-15-7-9(8)11-2/h8-9,11H,3-7H2,1-2H3. The van der Waals surface area contributed by atoms with E-state index >= 15 is 0 Å². The highest BCUT2D eigenvalue weighted by Crippen LogP contribution is 2.16. The molecule has 0 amide bonds. The number of Topliss-reactive ketones (excluding diaryl/α,β-unsaturated/α-hetero) is 1. The van der Waals surface area contributed by atoms with Crippen LogP contribution in [0, 0.1) is 5.92 Å². The molecule has 0 saturated carbocycles. The van der Waals surface area contributed by atoms with Crippen molar-refractivity contribution in [2.45, 2.75) is 19.4 Å². The predicted molar refractivity (Wildman–Crippen MR) is 61.1 cm³/mol. The Morgan fingerprint density at radius 3 is 2.69 bits per heavy atom. The van der Waals surface area contributed by atoms with Crippen molar-refractivity contribution < 1.29 is 17.9 Å². The summed E-state index contributed by atoms with van der Waals surface area (Å²) in [5.74, 6) is -0.169. The van der Waals surface area contributed by atoms with Crippen molar-refractivity contribution >= 4 is 15.6 Å². The van der Waals surface area contributed by atoms with Crippen molar-refractivity contribution in [3.05, 3.63) is 0 Å². The average Bonchev–Trinajstić information content (AvgIpc) is 2.74. The lowest BCUT2D eigenvalue weighted by molar-refractivity contribution is -0.122. The molecule has 2 unspecified atom stereocenters. The van der Waals surface area contributed by atoms with E-state index < -0.39 is 9.84 Å². The highest BCUT2D eigenvalue weighted by molar-refractivity contribution is 7.91. The number of likely N-dealkylation sites (N-methyl/N-ethyl adjacent to an activating group) is 1. The van der Waals surface area contributed by atoms with Gasteiger partial charge in [-0.25, -0.2) is 8.42 Å².